The second kappa shape index (κ2) is 5.98. The molecule has 100 valence electrons. The first-order valence-electron chi connectivity index (χ1n) is 6.67. The average Bonchev–Trinajstić information content (AvgIpc) is 2.34. The Bertz CT molecular complexity index is 397. The molecule has 0 bridgehead atoms. The van der Waals surface area contributed by atoms with E-state index in [9.17, 15) is 4.39 Å². The highest BCUT2D eigenvalue weighted by atomic mass is 19.1. The molecule has 2 atom stereocenters. The van der Waals surface area contributed by atoms with Crippen LogP contribution in [0.4, 0.5) is 16.2 Å². The van der Waals surface area contributed by atoms with E-state index in [0.717, 1.165) is 31.0 Å². The number of halogens is 1. The first-order chi connectivity index (χ1) is 8.65. The number of nitrogen functional groups attached to an aromatic ring is 1. The standard InChI is InChI=1S/C13H21FN4/c1-9-3-2-4-10(7-9)5-6-16-12-11(14)8-17-13(15)18-12/h8-10H,2-7H2,1H3,(H3,15,16,17,18). The minimum Gasteiger partial charge on any atom is -0.368 e. The molecular formula is C13H21FN4. The maximum Gasteiger partial charge on any atom is 0.222 e. The van der Waals surface area contributed by atoms with Gasteiger partial charge < -0.3 is 11.1 Å². The summed E-state index contributed by atoms with van der Waals surface area (Å²) in [5.74, 6) is 1.46. The van der Waals surface area contributed by atoms with Crippen LogP contribution >= 0.6 is 0 Å². The summed E-state index contributed by atoms with van der Waals surface area (Å²) in [6.45, 7) is 3.05. The van der Waals surface area contributed by atoms with Crippen molar-refractivity contribution < 1.29 is 4.39 Å². The van der Waals surface area contributed by atoms with Gasteiger partial charge in [-0.05, 0) is 24.7 Å². The molecule has 0 spiro atoms. The second-order valence-electron chi connectivity index (χ2n) is 5.28. The quantitative estimate of drug-likeness (QED) is 0.865. The molecule has 1 aromatic rings. The lowest BCUT2D eigenvalue weighted by molar-refractivity contribution is 0.274. The highest BCUT2D eigenvalue weighted by Crippen LogP contribution is 2.30. The van der Waals surface area contributed by atoms with E-state index in [4.69, 9.17) is 5.73 Å². The molecular weight excluding hydrogens is 231 g/mol. The molecule has 2 unspecified atom stereocenters. The van der Waals surface area contributed by atoms with E-state index in [0.29, 0.717) is 0 Å². The van der Waals surface area contributed by atoms with Crippen molar-refractivity contribution in [3.05, 3.63) is 12.0 Å². The Morgan fingerprint density at radius 3 is 3.11 bits per heavy atom. The molecule has 1 aliphatic rings. The predicted octanol–water partition coefficient (Wildman–Crippen LogP) is 2.83. The minimum absolute atomic E-state index is 0.102. The van der Waals surface area contributed by atoms with Crippen LogP contribution in [0.3, 0.4) is 0 Å². The molecule has 0 amide bonds. The third kappa shape index (κ3) is 3.55. The molecule has 0 radical (unpaired) electrons. The number of aromatic nitrogens is 2. The molecule has 1 aromatic heterocycles. The van der Waals surface area contributed by atoms with Gasteiger partial charge in [-0.3, -0.25) is 0 Å². The SMILES string of the molecule is CC1CCCC(CCNc2nc(N)ncc2F)C1. The Labute approximate surface area is 107 Å². The maximum absolute atomic E-state index is 13.4. The predicted molar refractivity (Wildman–Crippen MR) is 70.6 cm³/mol. The number of nitrogens with one attached hydrogen (secondary N) is 1. The van der Waals surface area contributed by atoms with Crippen LogP contribution in [0.5, 0.6) is 0 Å². The van der Waals surface area contributed by atoms with E-state index in [1.807, 2.05) is 0 Å². The van der Waals surface area contributed by atoms with Gasteiger partial charge in [0.1, 0.15) is 0 Å². The van der Waals surface area contributed by atoms with Gasteiger partial charge in [-0.1, -0.05) is 26.2 Å². The van der Waals surface area contributed by atoms with Crippen molar-refractivity contribution in [1.82, 2.24) is 9.97 Å². The Balaban J connectivity index is 1.79. The molecule has 0 saturated heterocycles. The van der Waals surface area contributed by atoms with Gasteiger partial charge in [0.15, 0.2) is 11.6 Å². The zero-order valence-electron chi connectivity index (χ0n) is 10.8. The average molecular weight is 252 g/mol. The van der Waals surface area contributed by atoms with Crippen LogP contribution in [0.1, 0.15) is 39.0 Å². The normalized spacial score (nSPS) is 23.9. The number of nitrogens with zero attached hydrogens (tertiary/aromatic N) is 2. The molecule has 1 aliphatic carbocycles. The van der Waals surface area contributed by atoms with Crippen LogP contribution in [0.25, 0.3) is 0 Å². The number of anilines is 2. The zero-order chi connectivity index (χ0) is 13.0. The maximum atomic E-state index is 13.4. The second-order valence-corrected chi connectivity index (χ2v) is 5.28. The lowest BCUT2D eigenvalue weighted by Crippen LogP contribution is -2.17. The minimum atomic E-state index is -0.443. The van der Waals surface area contributed by atoms with Gasteiger partial charge in [0.25, 0.3) is 0 Å². The first-order valence-corrected chi connectivity index (χ1v) is 6.67. The summed E-state index contributed by atoms with van der Waals surface area (Å²) in [6, 6.07) is 0. The summed E-state index contributed by atoms with van der Waals surface area (Å²) in [6.07, 6.45) is 7.42. The van der Waals surface area contributed by atoms with Crippen LogP contribution in [0.15, 0.2) is 6.20 Å². The van der Waals surface area contributed by atoms with Crippen LogP contribution in [-0.2, 0) is 0 Å². The van der Waals surface area contributed by atoms with E-state index in [-0.39, 0.29) is 11.8 Å². The molecule has 4 nitrogen and oxygen atoms in total. The highest BCUT2D eigenvalue weighted by Gasteiger charge is 2.18. The van der Waals surface area contributed by atoms with E-state index in [2.05, 4.69) is 22.2 Å². The summed E-state index contributed by atoms with van der Waals surface area (Å²) in [5, 5.41) is 3.01. The summed E-state index contributed by atoms with van der Waals surface area (Å²) < 4.78 is 13.4. The Morgan fingerprint density at radius 2 is 2.33 bits per heavy atom. The van der Waals surface area contributed by atoms with Crippen LogP contribution < -0.4 is 11.1 Å². The molecule has 5 heteroatoms. The lowest BCUT2D eigenvalue weighted by Gasteiger charge is -2.26. The number of hydrogen-bond donors (Lipinski definition) is 2. The van der Waals surface area contributed by atoms with Crippen molar-refractivity contribution in [2.75, 3.05) is 17.6 Å². The van der Waals surface area contributed by atoms with Gasteiger partial charge in [0.05, 0.1) is 6.20 Å². The van der Waals surface area contributed by atoms with Crippen LogP contribution in [0, 0.1) is 17.7 Å². The van der Waals surface area contributed by atoms with Gasteiger partial charge in [-0.2, -0.15) is 4.98 Å². The Morgan fingerprint density at radius 1 is 1.50 bits per heavy atom. The van der Waals surface area contributed by atoms with Gasteiger partial charge in [-0.15, -0.1) is 0 Å². The van der Waals surface area contributed by atoms with E-state index in [1.54, 1.807) is 0 Å². The Kier molecular flexibility index (Phi) is 4.33. The third-order valence-electron chi connectivity index (χ3n) is 3.65. The molecule has 1 saturated carbocycles. The number of rotatable bonds is 4. The first kappa shape index (κ1) is 13.1. The van der Waals surface area contributed by atoms with Crippen molar-refractivity contribution in [2.24, 2.45) is 11.8 Å². The summed E-state index contributed by atoms with van der Waals surface area (Å²) >= 11 is 0. The van der Waals surface area contributed by atoms with Crippen molar-refractivity contribution in [3.8, 4) is 0 Å². The molecule has 3 N–H and O–H groups in total. The fourth-order valence-corrected chi connectivity index (χ4v) is 2.72. The summed E-state index contributed by atoms with van der Waals surface area (Å²) in [4.78, 5) is 7.45. The molecule has 18 heavy (non-hydrogen) atoms. The van der Waals surface area contributed by atoms with Crippen molar-refractivity contribution in [2.45, 2.75) is 39.0 Å². The van der Waals surface area contributed by atoms with E-state index < -0.39 is 5.82 Å². The van der Waals surface area contributed by atoms with Gasteiger partial charge in [0, 0.05) is 6.54 Å². The van der Waals surface area contributed by atoms with Crippen molar-refractivity contribution >= 4 is 11.8 Å². The zero-order valence-corrected chi connectivity index (χ0v) is 10.8. The smallest absolute Gasteiger partial charge is 0.222 e. The van der Waals surface area contributed by atoms with E-state index in [1.165, 1.54) is 25.7 Å². The van der Waals surface area contributed by atoms with Crippen molar-refractivity contribution in [1.29, 1.82) is 0 Å². The highest BCUT2D eigenvalue weighted by molar-refractivity contribution is 5.38. The molecule has 0 aromatic carbocycles. The van der Waals surface area contributed by atoms with Crippen molar-refractivity contribution in [3.63, 3.8) is 0 Å². The number of hydrogen-bond acceptors (Lipinski definition) is 4. The summed E-state index contributed by atoms with van der Waals surface area (Å²) in [7, 11) is 0. The fraction of sp³-hybridized carbons (Fsp3) is 0.692. The van der Waals surface area contributed by atoms with Gasteiger partial charge >= 0.3 is 0 Å². The monoisotopic (exact) mass is 252 g/mol. The third-order valence-corrected chi connectivity index (χ3v) is 3.65. The van der Waals surface area contributed by atoms with Gasteiger partial charge in [0.2, 0.25) is 5.95 Å². The summed E-state index contributed by atoms with van der Waals surface area (Å²) in [5.41, 5.74) is 5.43. The molecule has 0 aliphatic heterocycles. The number of nitrogens with two attached hydrogens (primary N) is 1. The van der Waals surface area contributed by atoms with Crippen LogP contribution in [-0.4, -0.2) is 16.5 Å². The molecule has 1 heterocycles. The lowest BCUT2D eigenvalue weighted by atomic mass is 9.81. The topological polar surface area (TPSA) is 63.8 Å². The largest absolute Gasteiger partial charge is 0.368 e. The Hall–Kier alpha value is -1.39. The molecule has 1 fully saturated rings. The van der Waals surface area contributed by atoms with Crippen LogP contribution in [0.2, 0.25) is 0 Å². The van der Waals surface area contributed by atoms with Gasteiger partial charge in [-0.25, -0.2) is 9.37 Å². The molecule has 2 rings (SSSR count). The fourth-order valence-electron chi connectivity index (χ4n) is 2.72. The van der Waals surface area contributed by atoms with E-state index >= 15 is 0 Å².